The molecule has 0 atom stereocenters. The Morgan fingerprint density at radius 3 is 2.69 bits per heavy atom. The lowest BCUT2D eigenvalue weighted by Crippen LogP contribution is -1.95. The van der Waals surface area contributed by atoms with Crippen LogP contribution in [0.5, 0.6) is 0 Å². The van der Waals surface area contributed by atoms with Crippen molar-refractivity contribution >= 4 is 12.6 Å². The molecule has 2 aromatic rings. The van der Waals surface area contributed by atoms with Gasteiger partial charge in [-0.1, -0.05) is 18.2 Å². The maximum absolute atomic E-state index is 4.20. The monoisotopic (exact) mass is 191 g/mol. The van der Waals surface area contributed by atoms with E-state index in [9.17, 15) is 0 Å². The molecule has 0 saturated heterocycles. The van der Waals surface area contributed by atoms with Gasteiger partial charge in [0.2, 0.25) is 0 Å². The molecule has 0 aliphatic heterocycles. The Labute approximate surface area is 81.8 Å². The maximum atomic E-state index is 4.20. The summed E-state index contributed by atoms with van der Waals surface area (Å²) in [5.74, 6) is 0. The third-order valence-corrected chi connectivity index (χ3v) is 2.21. The van der Waals surface area contributed by atoms with Gasteiger partial charge in [-0.2, -0.15) is 0 Å². The number of aromatic nitrogens is 3. The highest BCUT2D eigenvalue weighted by Crippen LogP contribution is 2.15. The molecule has 0 bridgehead atoms. The molecule has 1 aromatic heterocycles. The number of hydrogen-bond donors (Lipinski definition) is 1. The molecule has 0 saturated carbocycles. The second-order valence-electron chi connectivity index (χ2n) is 2.79. The van der Waals surface area contributed by atoms with Gasteiger partial charge in [-0.05, 0) is 18.6 Å². The number of para-hydroxylation sites is 1. The summed E-state index contributed by atoms with van der Waals surface area (Å²) in [4.78, 5) is 0. The van der Waals surface area contributed by atoms with E-state index in [2.05, 4.69) is 22.8 Å². The van der Waals surface area contributed by atoms with E-state index >= 15 is 0 Å². The van der Waals surface area contributed by atoms with E-state index in [0.29, 0.717) is 5.16 Å². The van der Waals surface area contributed by atoms with Crippen molar-refractivity contribution in [2.75, 3.05) is 0 Å². The Hall–Kier alpha value is -1.29. The van der Waals surface area contributed by atoms with Crippen molar-refractivity contribution in [2.45, 2.75) is 12.1 Å². The minimum absolute atomic E-state index is 0.606. The largest absolute Gasteiger partial charge is 0.277 e. The normalized spacial score (nSPS) is 10.3. The Bertz CT molecular complexity index is 422. The van der Waals surface area contributed by atoms with Gasteiger partial charge in [0.05, 0.1) is 5.69 Å². The second kappa shape index (κ2) is 3.22. The Balaban J connectivity index is 2.59. The number of benzene rings is 1. The molecule has 0 unspecified atom stereocenters. The predicted octanol–water partition coefficient (Wildman–Crippen LogP) is 1.86. The third-order valence-electron chi connectivity index (χ3n) is 1.90. The van der Waals surface area contributed by atoms with Crippen molar-refractivity contribution in [3.63, 3.8) is 0 Å². The van der Waals surface area contributed by atoms with Crippen LogP contribution in [0.25, 0.3) is 5.69 Å². The summed E-state index contributed by atoms with van der Waals surface area (Å²) in [6, 6.07) is 8.04. The Morgan fingerprint density at radius 1 is 1.31 bits per heavy atom. The van der Waals surface area contributed by atoms with Crippen LogP contribution < -0.4 is 0 Å². The maximum Gasteiger partial charge on any atom is 0.192 e. The first-order valence-corrected chi connectivity index (χ1v) is 4.39. The Morgan fingerprint density at radius 2 is 2.08 bits per heavy atom. The van der Waals surface area contributed by atoms with Crippen LogP contribution in [0.3, 0.4) is 0 Å². The van der Waals surface area contributed by atoms with E-state index in [-0.39, 0.29) is 0 Å². The molecular weight excluding hydrogens is 182 g/mol. The second-order valence-corrected chi connectivity index (χ2v) is 3.19. The first-order valence-electron chi connectivity index (χ1n) is 3.94. The van der Waals surface area contributed by atoms with Crippen LogP contribution >= 0.6 is 12.6 Å². The average molecular weight is 191 g/mol. The van der Waals surface area contributed by atoms with Gasteiger partial charge >= 0.3 is 0 Å². The van der Waals surface area contributed by atoms with E-state index in [1.165, 1.54) is 5.56 Å². The van der Waals surface area contributed by atoms with Crippen LogP contribution in [-0.2, 0) is 0 Å². The molecule has 1 heterocycles. The summed E-state index contributed by atoms with van der Waals surface area (Å²) >= 11 is 4.20. The van der Waals surface area contributed by atoms with Crippen molar-refractivity contribution < 1.29 is 0 Å². The zero-order valence-electron chi connectivity index (χ0n) is 7.18. The number of aryl methyl sites for hydroxylation is 1. The summed E-state index contributed by atoms with van der Waals surface area (Å²) in [5.41, 5.74) is 2.25. The standard InChI is InChI=1S/C9H9N3S/c1-7-4-2-3-5-8(7)12-6-10-11-9(12)13/h2-6H,1H3,(H,11,13). The molecule has 66 valence electrons. The van der Waals surface area contributed by atoms with Crippen molar-refractivity contribution in [1.29, 1.82) is 0 Å². The van der Waals surface area contributed by atoms with Crippen molar-refractivity contribution in [3.05, 3.63) is 36.2 Å². The van der Waals surface area contributed by atoms with E-state index < -0.39 is 0 Å². The summed E-state index contributed by atoms with van der Waals surface area (Å²) in [6.45, 7) is 2.04. The molecular formula is C9H9N3S. The SMILES string of the molecule is Cc1ccccc1-n1cnnc1S. The van der Waals surface area contributed by atoms with Crippen LogP contribution in [-0.4, -0.2) is 14.8 Å². The zero-order chi connectivity index (χ0) is 9.26. The third kappa shape index (κ3) is 1.45. The van der Waals surface area contributed by atoms with E-state index in [4.69, 9.17) is 0 Å². The minimum Gasteiger partial charge on any atom is -0.277 e. The first-order chi connectivity index (χ1) is 6.29. The van der Waals surface area contributed by atoms with Crippen LogP contribution in [0, 0.1) is 6.92 Å². The molecule has 1 aromatic carbocycles. The topological polar surface area (TPSA) is 30.7 Å². The van der Waals surface area contributed by atoms with Gasteiger partial charge in [-0.3, -0.25) is 4.57 Å². The highest BCUT2D eigenvalue weighted by Gasteiger charge is 2.03. The summed E-state index contributed by atoms with van der Waals surface area (Å²) in [5, 5.41) is 8.19. The van der Waals surface area contributed by atoms with Crippen molar-refractivity contribution in [2.24, 2.45) is 0 Å². The number of nitrogens with zero attached hydrogens (tertiary/aromatic N) is 3. The molecule has 0 fully saturated rings. The van der Waals surface area contributed by atoms with Crippen LogP contribution in [0.1, 0.15) is 5.56 Å². The lowest BCUT2D eigenvalue weighted by Gasteiger charge is -2.05. The highest BCUT2D eigenvalue weighted by atomic mass is 32.1. The van der Waals surface area contributed by atoms with E-state index in [1.54, 1.807) is 6.33 Å². The van der Waals surface area contributed by atoms with Crippen molar-refractivity contribution in [1.82, 2.24) is 14.8 Å². The van der Waals surface area contributed by atoms with Gasteiger partial charge in [-0.15, -0.1) is 22.8 Å². The molecule has 0 amide bonds. The van der Waals surface area contributed by atoms with Crippen LogP contribution in [0.15, 0.2) is 35.7 Å². The lowest BCUT2D eigenvalue weighted by atomic mass is 10.2. The van der Waals surface area contributed by atoms with Gasteiger partial charge < -0.3 is 0 Å². The summed E-state index contributed by atoms with van der Waals surface area (Å²) in [6.07, 6.45) is 1.66. The van der Waals surface area contributed by atoms with Crippen LogP contribution in [0.2, 0.25) is 0 Å². The average Bonchev–Trinajstić information content (AvgIpc) is 2.52. The number of hydrogen-bond acceptors (Lipinski definition) is 3. The smallest absolute Gasteiger partial charge is 0.192 e. The van der Waals surface area contributed by atoms with Crippen LogP contribution in [0.4, 0.5) is 0 Å². The van der Waals surface area contributed by atoms with E-state index in [0.717, 1.165) is 5.69 Å². The number of thiol groups is 1. The molecule has 2 rings (SSSR count). The fraction of sp³-hybridized carbons (Fsp3) is 0.111. The molecule has 0 spiro atoms. The van der Waals surface area contributed by atoms with Crippen molar-refractivity contribution in [3.8, 4) is 5.69 Å². The predicted molar refractivity (Wildman–Crippen MR) is 53.3 cm³/mol. The number of rotatable bonds is 1. The summed E-state index contributed by atoms with van der Waals surface area (Å²) < 4.78 is 1.85. The molecule has 0 aliphatic carbocycles. The van der Waals surface area contributed by atoms with E-state index in [1.807, 2.05) is 35.8 Å². The van der Waals surface area contributed by atoms with Gasteiger partial charge in [0.1, 0.15) is 6.33 Å². The minimum atomic E-state index is 0.606. The van der Waals surface area contributed by atoms with Gasteiger partial charge in [-0.25, -0.2) is 0 Å². The molecule has 0 N–H and O–H groups in total. The quantitative estimate of drug-likeness (QED) is 0.697. The molecule has 4 heteroatoms. The highest BCUT2D eigenvalue weighted by molar-refractivity contribution is 7.80. The molecule has 0 radical (unpaired) electrons. The van der Waals surface area contributed by atoms with Gasteiger partial charge in [0.25, 0.3) is 0 Å². The van der Waals surface area contributed by atoms with Gasteiger partial charge in [0, 0.05) is 0 Å². The fourth-order valence-corrected chi connectivity index (χ4v) is 1.44. The molecule has 0 aliphatic rings. The fourth-order valence-electron chi connectivity index (χ4n) is 1.23. The van der Waals surface area contributed by atoms with Gasteiger partial charge in [0.15, 0.2) is 5.16 Å². The zero-order valence-corrected chi connectivity index (χ0v) is 8.07. The molecule has 3 nitrogen and oxygen atoms in total. The molecule has 13 heavy (non-hydrogen) atoms. The Kier molecular flexibility index (Phi) is 2.06. The first kappa shape index (κ1) is 8.31. The lowest BCUT2D eigenvalue weighted by molar-refractivity contribution is 0.884. The summed E-state index contributed by atoms with van der Waals surface area (Å²) in [7, 11) is 0.